The Bertz CT molecular complexity index is 610. The standard InChI is InChI=1S/C15H23NO4S/c1-5-15(6-2,7-3)16-21(19,20)12-9-8-11(4)13(10-12)14(17)18/h8-10,16H,5-7H2,1-4H3,(H,17,18). The van der Waals surface area contributed by atoms with Crippen LogP contribution in [0.1, 0.15) is 56.0 Å². The molecule has 0 spiro atoms. The first-order valence-electron chi connectivity index (χ1n) is 7.09. The van der Waals surface area contributed by atoms with Crippen molar-refractivity contribution < 1.29 is 18.3 Å². The van der Waals surface area contributed by atoms with Crippen molar-refractivity contribution in [3.05, 3.63) is 29.3 Å². The number of aromatic carboxylic acids is 1. The first kappa shape index (κ1) is 17.7. The summed E-state index contributed by atoms with van der Waals surface area (Å²) in [4.78, 5) is 11.1. The molecule has 0 amide bonds. The third-order valence-electron chi connectivity index (χ3n) is 4.13. The summed E-state index contributed by atoms with van der Waals surface area (Å²) in [6.07, 6.45) is 2.03. The second-order valence-corrected chi connectivity index (χ2v) is 6.91. The van der Waals surface area contributed by atoms with Gasteiger partial charge in [0.15, 0.2) is 0 Å². The lowest BCUT2D eigenvalue weighted by Gasteiger charge is -2.31. The van der Waals surface area contributed by atoms with E-state index in [2.05, 4.69) is 4.72 Å². The van der Waals surface area contributed by atoms with Crippen LogP contribution in [0.4, 0.5) is 0 Å². The number of carboxylic acids is 1. The fourth-order valence-electron chi connectivity index (χ4n) is 2.31. The van der Waals surface area contributed by atoms with Crippen LogP contribution in [0.3, 0.4) is 0 Å². The number of carboxylic acid groups (broad SMARTS) is 1. The second kappa shape index (κ2) is 6.58. The number of hydrogen-bond acceptors (Lipinski definition) is 3. The summed E-state index contributed by atoms with van der Waals surface area (Å²) in [5, 5.41) is 9.11. The molecule has 0 saturated heterocycles. The van der Waals surface area contributed by atoms with E-state index in [-0.39, 0.29) is 10.5 Å². The highest BCUT2D eigenvalue weighted by molar-refractivity contribution is 7.89. The van der Waals surface area contributed by atoms with Gasteiger partial charge in [-0.2, -0.15) is 0 Å². The van der Waals surface area contributed by atoms with Gasteiger partial charge in [0.25, 0.3) is 0 Å². The van der Waals surface area contributed by atoms with Gasteiger partial charge in [-0.15, -0.1) is 0 Å². The Labute approximate surface area is 126 Å². The Balaban J connectivity index is 3.26. The molecule has 0 aliphatic rings. The van der Waals surface area contributed by atoms with E-state index >= 15 is 0 Å². The third-order valence-corrected chi connectivity index (χ3v) is 5.71. The summed E-state index contributed by atoms with van der Waals surface area (Å²) in [5.41, 5.74) is 0.0507. The summed E-state index contributed by atoms with van der Waals surface area (Å²) in [5.74, 6) is -1.13. The van der Waals surface area contributed by atoms with Crippen molar-refractivity contribution in [1.82, 2.24) is 4.72 Å². The number of nitrogens with one attached hydrogen (secondary N) is 1. The van der Waals surface area contributed by atoms with E-state index in [1.165, 1.54) is 18.2 Å². The van der Waals surface area contributed by atoms with Gasteiger partial charge in [0.2, 0.25) is 10.0 Å². The van der Waals surface area contributed by atoms with E-state index in [0.29, 0.717) is 24.8 Å². The van der Waals surface area contributed by atoms with Gasteiger partial charge < -0.3 is 5.11 Å². The van der Waals surface area contributed by atoms with Crippen LogP contribution in [-0.4, -0.2) is 25.0 Å². The molecule has 0 aromatic heterocycles. The summed E-state index contributed by atoms with van der Waals surface area (Å²) in [7, 11) is -3.74. The predicted molar refractivity (Wildman–Crippen MR) is 82.1 cm³/mol. The number of aryl methyl sites for hydroxylation is 1. The van der Waals surface area contributed by atoms with Crippen LogP contribution >= 0.6 is 0 Å². The van der Waals surface area contributed by atoms with E-state index in [0.717, 1.165) is 0 Å². The molecule has 1 aromatic rings. The molecule has 6 heteroatoms. The van der Waals surface area contributed by atoms with Gasteiger partial charge in [-0.25, -0.2) is 17.9 Å². The smallest absolute Gasteiger partial charge is 0.335 e. The minimum Gasteiger partial charge on any atom is -0.478 e. The molecule has 0 atom stereocenters. The molecule has 21 heavy (non-hydrogen) atoms. The van der Waals surface area contributed by atoms with Crippen LogP contribution in [0.2, 0.25) is 0 Å². The van der Waals surface area contributed by atoms with E-state index < -0.39 is 21.5 Å². The molecule has 0 radical (unpaired) electrons. The number of benzene rings is 1. The van der Waals surface area contributed by atoms with E-state index in [4.69, 9.17) is 5.11 Å². The molecule has 0 aliphatic heterocycles. The lowest BCUT2D eigenvalue weighted by atomic mass is 9.91. The van der Waals surface area contributed by atoms with Crippen molar-refractivity contribution in [2.24, 2.45) is 0 Å². The first-order valence-corrected chi connectivity index (χ1v) is 8.57. The van der Waals surface area contributed by atoms with E-state index in [9.17, 15) is 13.2 Å². The van der Waals surface area contributed by atoms with Crippen molar-refractivity contribution in [2.45, 2.75) is 57.4 Å². The van der Waals surface area contributed by atoms with Gasteiger partial charge in [0.1, 0.15) is 0 Å². The van der Waals surface area contributed by atoms with Crippen molar-refractivity contribution in [1.29, 1.82) is 0 Å². The Morgan fingerprint density at radius 1 is 1.19 bits per heavy atom. The van der Waals surface area contributed by atoms with E-state index in [1.54, 1.807) is 6.92 Å². The number of rotatable bonds is 7. The van der Waals surface area contributed by atoms with Crippen LogP contribution in [0, 0.1) is 6.92 Å². The molecule has 2 N–H and O–H groups in total. The Morgan fingerprint density at radius 2 is 1.71 bits per heavy atom. The van der Waals surface area contributed by atoms with Crippen LogP contribution in [0.5, 0.6) is 0 Å². The third kappa shape index (κ3) is 3.83. The molecule has 5 nitrogen and oxygen atoms in total. The zero-order valence-electron chi connectivity index (χ0n) is 12.9. The molecule has 1 rings (SSSR count). The fraction of sp³-hybridized carbons (Fsp3) is 0.533. The fourth-order valence-corrected chi connectivity index (χ4v) is 3.95. The molecule has 118 valence electrons. The van der Waals surface area contributed by atoms with Crippen molar-refractivity contribution in [2.75, 3.05) is 0 Å². The quantitative estimate of drug-likeness (QED) is 0.810. The molecule has 0 bridgehead atoms. The average molecular weight is 313 g/mol. The topological polar surface area (TPSA) is 83.5 Å². The van der Waals surface area contributed by atoms with Crippen molar-refractivity contribution >= 4 is 16.0 Å². The maximum absolute atomic E-state index is 12.5. The number of hydrogen-bond donors (Lipinski definition) is 2. The van der Waals surface area contributed by atoms with Gasteiger partial charge in [-0.1, -0.05) is 26.8 Å². The SMILES string of the molecule is CCC(CC)(CC)NS(=O)(=O)c1ccc(C)c(C(=O)O)c1. The highest BCUT2D eigenvalue weighted by Crippen LogP contribution is 2.24. The van der Waals surface area contributed by atoms with Gasteiger partial charge in [0.05, 0.1) is 10.5 Å². The molecule has 0 aliphatic carbocycles. The molecule has 0 saturated carbocycles. The minimum atomic E-state index is -3.74. The van der Waals surface area contributed by atoms with Crippen molar-refractivity contribution in [3.8, 4) is 0 Å². The summed E-state index contributed by atoms with van der Waals surface area (Å²) < 4.78 is 27.8. The molecule has 0 unspecified atom stereocenters. The lowest BCUT2D eigenvalue weighted by Crippen LogP contribution is -2.46. The molecule has 1 aromatic carbocycles. The first-order chi connectivity index (χ1) is 9.71. The van der Waals surface area contributed by atoms with E-state index in [1.807, 2.05) is 20.8 Å². The Morgan fingerprint density at radius 3 is 2.14 bits per heavy atom. The summed E-state index contributed by atoms with van der Waals surface area (Å²) >= 11 is 0. The van der Waals surface area contributed by atoms with Crippen LogP contribution in [0.25, 0.3) is 0 Å². The van der Waals surface area contributed by atoms with Gasteiger partial charge in [-0.05, 0) is 43.9 Å². The van der Waals surface area contributed by atoms with Gasteiger partial charge in [0, 0.05) is 5.54 Å². The van der Waals surface area contributed by atoms with Gasteiger partial charge in [-0.3, -0.25) is 0 Å². The Kier molecular flexibility index (Phi) is 5.53. The molecule has 0 fully saturated rings. The molecular formula is C15H23NO4S. The second-order valence-electron chi connectivity index (χ2n) is 5.23. The van der Waals surface area contributed by atoms with Crippen LogP contribution in [0.15, 0.2) is 23.1 Å². The monoisotopic (exact) mass is 313 g/mol. The minimum absolute atomic E-state index is 0.00738. The lowest BCUT2D eigenvalue weighted by molar-refractivity contribution is 0.0696. The zero-order valence-corrected chi connectivity index (χ0v) is 13.8. The normalized spacial score (nSPS) is 12.4. The number of sulfonamides is 1. The van der Waals surface area contributed by atoms with Crippen molar-refractivity contribution in [3.63, 3.8) is 0 Å². The largest absolute Gasteiger partial charge is 0.478 e. The highest BCUT2D eigenvalue weighted by Gasteiger charge is 2.30. The van der Waals surface area contributed by atoms with Crippen LogP contribution < -0.4 is 4.72 Å². The maximum atomic E-state index is 12.5. The van der Waals surface area contributed by atoms with Crippen LogP contribution in [-0.2, 0) is 10.0 Å². The Hall–Kier alpha value is -1.40. The predicted octanol–water partition coefficient (Wildman–Crippen LogP) is 2.94. The zero-order chi connectivity index (χ0) is 16.3. The number of carbonyl (C=O) groups is 1. The average Bonchev–Trinajstić information content (AvgIpc) is 2.44. The molecule has 0 heterocycles. The van der Waals surface area contributed by atoms with Gasteiger partial charge >= 0.3 is 5.97 Å². The molecular weight excluding hydrogens is 290 g/mol. The summed E-state index contributed by atoms with van der Waals surface area (Å²) in [6, 6.07) is 4.17. The maximum Gasteiger partial charge on any atom is 0.335 e. The summed E-state index contributed by atoms with van der Waals surface area (Å²) in [6.45, 7) is 7.45. The highest BCUT2D eigenvalue weighted by atomic mass is 32.2.